The van der Waals surface area contributed by atoms with Crippen molar-refractivity contribution in [2.75, 3.05) is 0 Å². The number of carboxylic acid groups (broad SMARTS) is 1. The maximum atomic E-state index is 11.0. The van der Waals surface area contributed by atoms with E-state index in [0.717, 1.165) is 23.5 Å². The van der Waals surface area contributed by atoms with Crippen LogP contribution >= 0.6 is 0 Å². The molecule has 1 aromatic heterocycles. The van der Waals surface area contributed by atoms with Crippen molar-refractivity contribution >= 4 is 17.0 Å². The van der Waals surface area contributed by atoms with E-state index in [0.29, 0.717) is 11.5 Å². The molecule has 3 rings (SSSR count). The predicted molar refractivity (Wildman–Crippen MR) is 77.8 cm³/mol. The molecule has 1 saturated carbocycles. The molecular formula is C16H20N2O2. The Bertz CT molecular complexity index is 632. The molecule has 1 N–H and O–H groups in total. The van der Waals surface area contributed by atoms with Crippen LogP contribution in [0.15, 0.2) is 24.5 Å². The van der Waals surface area contributed by atoms with E-state index in [1.165, 1.54) is 25.7 Å². The molecule has 0 bridgehead atoms. The summed E-state index contributed by atoms with van der Waals surface area (Å²) in [5, 5.41) is 9.01. The first kappa shape index (κ1) is 13.2. The number of fused-ring (bicyclic) bond motifs is 1. The van der Waals surface area contributed by atoms with Gasteiger partial charge in [0.15, 0.2) is 0 Å². The van der Waals surface area contributed by atoms with E-state index in [-0.39, 0.29) is 0 Å². The second-order valence-corrected chi connectivity index (χ2v) is 5.93. The van der Waals surface area contributed by atoms with Crippen molar-refractivity contribution in [2.45, 2.75) is 39.2 Å². The Kier molecular flexibility index (Phi) is 3.47. The Hall–Kier alpha value is -1.84. The lowest BCUT2D eigenvalue weighted by Gasteiger charge is -2.29. The molecule has 0 spiro atoms. The molecule has 2 atom stereocenters. The number of imidazole rings is 1. The van der Waals surface area contributed by atoms with Gasteiger partial charge in [0.1, 0.15) is 0 Å². The van der Waals surface area contributed by atoms with Crippen LogP contribution in [0.4, 0.5) is 0 Å². The molecule has 4 nitrogen and oxygen atoms in total. The number of hydrogen-bond acceptors (Lipinski definition) is 2. The minimum Gasteiger partial charge on any atom is -0.478 e. The van der Waals surface area contributed by atoms with Gasteiger partial charge in [-0.1, -0.05) is 26.2 Å². The summed E-state index contributed by atoms with van der Waals surface area (Å²) in [5.74, 6) is 0.571. The molecule has 1 aliphatic carbocycles. The van der Waals surface area contributed by atoms with E-state index in [9.17, 15) is 4.79 Å². The van der Waals surface area contributed by atoms with Gasteiger partial charge in [0.05, 0.1) is 22.9 Å². The number of carbonyl (C=O) groups is 1. The summed E-state index contributed by atoms with van der Waals surface area (Å²) in [5.41, 5.74) is 2.11. The first-order valence-electron chi connectivity index (χ1n) is 7.33. The normalized spacial score (nSPS) is 23.1. The smallest absolute Gasteiger partial charge is 0.335 e. The van der Waals surface area contributed by atoms with E-state index < -0.39 is 5.97 Å². The fraction of sp³-hybridized carbons (Fsp3) is 0.500. The minimum absolute atomic E-state index is 0.300. The van der Waals surface area contributed by atoms with Gasteiger partial charge in [-0.3, -0.25) is 0 Å². The summed E-state index contributed by atoms with van der Waals surface area (Å²) in [6.45, 7) is 3.33. The molecule has 106 valence electrons. The van der Waals surface area contributed by atoms with Crippen LogP contribution < -0.4 is 0 Å². The number of hydrogen-bond donors (Lipinski definition) is 1. The van der Waals surface area contributed by atoms with E-state index in [4.69, 9.17) is 5.11 Å². The molecule has 0 radical (unpaired) electrons. The molecule has 4 heteroatoms. The van der Waals surface area contributed by atoms with Crippen LogP contribution in [0.1, 0.15) is 43.0 Å². The van der Waals surface area contributed by atoms with Crippen molar-refractivity contribution in [1.82, 2.24) is 9.55 Å². The molecule has 1 aromatic carbocycles. The van der Waals surface area contributed by atoms with Crippen molar-refractivity contribution in [3.63, 3.8) is 0 Å². The SMILES string of the molecule is CC1CCCCC1Cn1cnc2cc(C(=O)O)ccc21. The molecule has 0 aliphatic heterocycles. The number of aromatic carboxylic acids is 1. The first-order valence-corrected chi connectivity index (χ1v) is 7.33. The molecule has 2 unspecified atom stereocenters. The largest absolute Gasteiger partial charge is 0.478 e. The lowest BCUT2D eigenvalue weighted by Crippen LogP contribution is -2.21. The van der Waals surface area contributed by atoms with Gasteiger partial charge < -0.3 is 9.67 Å². The summed E-state index contributed by atoms with van der Waals surface area (Å²) in [4.78, 5) is 15.3. The topological polar surface area (TPSA) is 55.1 Å². The van der Waals surface area contributed by atoms with E-state index in [1.807, 2.05) is 12.4 Å². The zero-order valence-electron chi connectivity index (χ0n) is 11.7. The maximum absolute atomic E-state index is 11.0. The number of nitrogens with zero attached hydrogens (tertiary/aromatic N) is 2. The van der Waals surface area contributed by atoms with Gasteiger partial charge in [0, 0.05) is 6.54 Å². The third-order valence-electron chi connectivity index (χ3n) is 4.59. The van der Waals surface area contributed by atoms with Gasteiger partial charge in [-0.05, 0) is 36.5 Å². The fourth-order valence-corrected chi connectivity index (χ4v) is 3.26. The third-order valence-corrected chi connectivity index (χ3v) is 4.59. The Balaban J connectivity index is 1.87. The quantitative estimate of drug-likeness (QED) is 0.929. The highest BCUT2D eigenvalue weighted by molar-refractivity contribution is 5.92. The Morgan fingerprint density at radius 3 is 2.95 bits per heavy atom. The van der Waals surface area contributed by atoms with E-state index in [1.54, 1.807) is 12.1 Å². The van der Waals surface area contributed by atoms with Gasteiger partial charge in [-0.25, -0.2) is 9.78 Å². The average molecular weight is 272 g/mol. The maximum Gasteiger partial charge on any atom is 0.335 e. The van der Waals surface area contributed by atoms with Crippen LogP contribution in [0.25, 0.3) is 11.0 Å². The molecule has 20 heavy (non-hydrogen) atoms. The van der Waals surface area contributed by atoms with Crippen molar-refractivity contribution in [1.29, 1.82) is 0 Å². The van der Waals surface area contributed by atoms with E-state index in [2.05, 4.69) is 16.5 Å². The van der Waals surface area contributed by atoms with Gasteiger partial charge in [0.2, 0.25) is 0 Å². The zero-order chi connectivity index (χ0) is 14.1. The standard InChI is InChI=1S/C16H20N2O2/c1-11-4-2-3-5-13(11)9-18-10-17-14-8-12(16(19)20)6-7-15(14)18/h6-8,10-11,13H,2-5,9H2,1H3,(H,19,20). The summed E-state index contributed by atoms with van der Waals surface area (Å²) >= 11 is 0. The van der Waals surface area contributed by atoms with Gasteiger partial charge >= 0.3 is 5.97 Å². The van der Waals surface area contributed by atoms with Crippen LogP contribution in [0.2, 0.25) is 0 Å². The van der Waals surface area contributed by atoms with Crippen LogP contribution in [0.3, 0.4) is 0 Å². The highest BCUT2D eigenvalue weighted by Gasteiger charge is 2.22. The van der Waals surface area contributed by atoms with Crippen molar-refractivity contribution in [3.8, 4) is 0 Å². The molecular weight excluding hydrogens is 252 g/mol. The van der Waals surface area contributed by atoms with Gasteiger partial charge in [0.25, 0.3) is 0 Å². The molecule has 1 heterocycles. The monoisotopic (exact) mass is 272 g/mol. The Labute approximate surface area is 118 Å². The number of benzene rings is 1. The predicted octanol–water partition coefficient (Wildman–Crippen LogP) is 3.56. The minimum atomic E-state index is -0.901. The molecule has 1 fully saturated rings. The second-order valence-electron chi connectivity index (χ2n) is 5.93. The van der Waals surface area contributed by atoms with Crippen LogP contribution in [-0.4, -0.2) is 20.6 Å². The summed E-state index contributed by atoms with van der Waals surface area (Å²) in [7, 11) is 0. The molecule has 1 aliphatic rings. The number of carboxylic acids is 1. The molecule has 0 amide bonds. The summed E-state index contributed by atoms with van der Waals surface area (Å²) < 4.78 is 2.17. The lowest BCUT2D eigenvalue weighted by atomic mass is 9.80. The zero-order valence-corrected chi connectivity index (χ0v) is 11.7. The van der Waals surface area contributed by atoms with Crippen LogP contribution in [0, 0.1) is 11.8 Å². The highest BCUT2D eigenvalue weighted by atomic mass is 16.4. The molecule has 2 aromatic rings. The number of rotatable bonds is 3. The second kappa shape index (κ2) is 5.27. The van der Waals surface area contributed by atoms with Crippen LogP contribution in [0.5, 0.6) is 0 Å². The third kappa shape index (κ3) is 2.42. The first-order chi connectivity index (χ1) is 9.65. The summed E-state index contributed by atoms with van der Waals surface area (Å²) in [6, 6.07) is 5.19. The summed E-state index contributed by atoms with van der Waals surface area (Å²) in [6.07, 6.45) is 7.13. The number of aromatic nitrogens is 2. The Morgan fingerprint density at radius 2 is 2.20 bits per heavy atom. The molecule has 0 saturated heterocycles. The Morgan fingerprint density at radius 1 is 1.40 bits per heavy atom. The van der Waals surface area contributed by atoms with Crippen molar-refractivity contribution < 1.29 is 9.90 Å². The van der Waals surface area contributed by atoms with Crippen molar-refractivity contribution in [2.24, 2.45) is 11.8 Å². The average Bonchev–Trinajstić information content (AvgIpc) is 2.84. The van der Waals surface area contributed by atoms with E-state index >= 15 is 0 Å². The van der Waals surface area contributed by atoms with Crippen LogP contribution in [-0.2, 0) is 6.54 Å². The van der Waals surface area contributed by atoms with Gasteiger partial charge in [-0.2, -0.15) is 0 Å². The highest BCUT2D eigenvalue weighted by Crippen LogP contribution is 2.31. The van der Waals surface area contributed by atoms with Gasteiger partial charge in [-0.15, -0.1) is 0 Å². The van der Waals surface area contributed by atoms with Crippen molar-refractivity contribution in [3.05, 3.63) is 30.1 Å². The lowest BCUT2D eigenvalue weighted by molar-refractivity contribution is 0.0697. The fourth-order valence-electron chi connectivity index (χ4n) is 3.26.